The normalized spacial score (nSPS) is 13.1. The van der Waals surface area contributed by atoms with E-state index in [4.69, 9.17) is 14.2 Å². The number of allylic oxidation sites excluding steroid dienone is 20. The summed E-state index contributed by atoms with van der Waals surface area (Å²) in [5.74, 6) is -0.975. The van der Waals surface area contributed by atoms with Crippen molar-refractivity contribution in [2.75, 3.05) is 13.2 Å². The lowest BCUT2D eigenvalue weighted by Gasteiger charge is -2.18. The predicted molar refractivity (Wildman–Crippen MR) is 288 cm³/mol. The fourth-order valence-corrected chi connectivity index (χ4v) is 6.96. The Hall–Kier alpha value is -4.19. The van der Waals surface area contributed by atoms with Crippen LogP contribution in [0.2, 0.25) is 0 Å². The minimum Gasteiger partial charge on any atom is -0.462 e. The lowest BCUT2D eigenvalue weighted by Crippen LogP contribution is -2.30. The molecule has 0 saturated heterocycles. The van der Waals surface area contributed by atoms with E-state index in [2.05, 4.69) is 142 Å². The van der Waals surface area contributed by atoms with Crippen molar-refractivity contribution < 1.29 is 28.6 Å². The number of carbonyl (C=O) groups excluding carboxylic acids is 3. The lowest BCUT2D eigenvalue weighted by molar-refractivity contribution is -0.167. The molecule has 0 aromatic carbocycles. The van der Waals surface area contributed by atoms with Gasteiger partial charge in [-0.25, -0.2) is 0 Å². The second-order valence-electron chi connectivity index (χ2n) is 17.4. The van der Waals surface area contributed by atoms with Crippen molar-refractivity contribution in [2.24, 2.45) is 0 Å². The fraction of sp³-hybridized carbons (Fsp3) is 0.623. The van der Waals surface area contributed by atoms with Gasteiger partial charge < -0.3 is 14.2 Å². The van der Waals surface area contributed by atoms with Crippen molar-refractivity contribution >= 4 is 17.9 Å². The van der Waals surface area contributed by atoms with Gasteiger partial charge in [-0.05, 0) is 109 Å². The first-order valence-electron chi connectivity index (χ1n) is 27.0. The molecule has 1 unspecified atom stereocenters. The molecule has 0 fully saturated rings. The smallest absolute Gasteiger partial charge is 0.306 e. The Labute approximate surface area is 412 Å². The minimum absolute atomic E-state index is 0.104. The summed E-state index contributed by atoms with van der Waals surface area (Å²) in [7, 11) is 0. The van der Waals surface area contributed by atoms with E-state index in [-0.39, 0.29) is 37.5 Å². The minimum atomic E-state index is -0.811. The van der Waals surface area contributed by atoms with Gasteiger partial charge in [-0.3, -0.25) is 14.4 Å². The molecule has 0 aliphatic rings. The molecule has 0 spiro atoms. The third-order valence-electron chi connectivity index (χ3n) is 11.0. The molecule has 0 N–H and O–H groups in total. The average molecular weight is 927 g/mol. The highest BCUT2D eigenvalue weighted by molar-refractivity contribution is 5.71. The largest absolute Gasteiger partial charge is 0.462 e. The van der Waals surface area contributed by atoms with Gasteiger partial charge in [-0.15, -0.1) is 0 Å². The van der Waals surface area contributed by atoms with E-state index in [0.717, 1.165) is 128 Å². The molecular formula is C61H98O6. The van der Waals surface area contributed by atoms with Crippen LogP contribution in [0, 0.1) is 0 Å². The van der Waals surface area contributed by atoms with Crippen LogP contribution in [-0.2, 0) is 28.6 Å². The third kappa shape index (κ3) is 52.6. The third-order valence-corrected chi connectivity index (χ3v) is 11.0. The fourth-order valence-electron chi connectivity index (χ4n) is 6.96. The Morgan fingerprint density at radius 1 is 0.313 bits per heavy atom. The Balaban J connectivity index is 4.51. The predicted octanol–water partition coefficient (Wildman–Crippen LogP) is 18.1. The molecule has 0 bridgehead atoms. The Kier molecular flexibility index (Phi) is 51.0. The van der Waals surface area contributed by atoms with Crippen LogP contribution in [-0.4, -0.2) is 37.2 Å². The highest BCUT2D eigenvalue weighted by atomic mass is 16.6. The maximum atomic E-state index is 12.8. The molecule has 0 aromatic heterocycles. The summed E-state index contributed by atoms with van der Waals surface area (Å²) in [5, 5.41) is 0. The van der Waals surface area contributed by atoms with Gasteiger partial charge in [0.25, 0.3) is 0 Å². The zero-order valence-corrected chi connectivity index (χ0v) is 43.1. The van der Waals surface area contributed by atoms with Crippen molar-refractivity contribution in [2.45, 2.75) is 232 Å². The van der Waals surface area contributed by atoms with Crippen LogP contribution in [0.3, 0.4) is 0 Å². The van der Waals surface area contributed by atoms with E-state index in [1.165, 1.54) is 51.4 Å². The standard InChI is InChI=1S/C61H98O6/c1-4-7-10-13-16-19-22-24-26-28-30-32-34-36-39-42-45-48-51-54-60(63)66-57-58(56-65-59(62)53-50-47-44-41-38-21-18-15-12-9-6-3)67-61(64)55-52-49-46-43-40-37-35-33-31-29-27-25-23-20-17-14-11-8-5-2/h7-8,10-11,16-17,19-20,24-27,30-33,36-37,39-40,58H,4-6,9,12-15,18,21-23,28-29,34-35,38,41-57H2,1-3H3/b10-7-,11-8-,19-16-,20-17-,26-24-,27-25-,32-30-,33-31-,39-36-,40-37-. The summed E-state index contributed by atoms with van der Waals surface area (Å²) < 4.78 is 16.8. The van der Waals surface area contributed by atoms with Crippen molar-refractivity contribution in [1.82, 2.24) is 0 Å². The van der Waals surface area contributed by atoms with Crippen LogP contribution >= 0.6 is 0 Å². The molecule has 1 atom stereocenters. The first-order valence-corrected chi connectivity index (χ1v) is 27.0. The summed E-state index contributed by atoms with van der Waals surface area (Å²) in [6.45, 7) is 6.34. The number of carbonyl (C=O) groups is 3. The molecule has 0 rings (SSSR count). The molecule has 0 heterocycles. The van der Waals surface area contributed by atoms with Crippen molar-refractivity contribution in [3.05, 3.63) is 122 Å². The van der Waals surface area contributed by atoms with Crippen LogP contribution in [0.25, 0.3) is 0 Å². The Morgan fingerprint density at radius 3 is 0.910 bits per heavy atom. The number of unbranched alkanes of at least 4 members (excludes halogenated alkanes) is 16. The van der Waals surface area contributed by atoms with E-state index < -0.39 is 6.10 Å². The van der Waals surface area contributed by atoms with Gasteiger partial charge in [-0.1, -0.05) is 219 Å². The van der Waals surface area contributed by atoms with Gasteiger partial charge in [-0.2, -0.15) is 0 Å². The summed E-state index contributed by atoms with van der Waals surface area (Å²) in [6, 6.07) is 0. The number of ether oxygens (including phenoxy) is 3. The van der Waals surface area contributed by atoms with E-state index in [1.807, 2.05) is 0 Å². The molecule has 0 aromatic rings. The van der Waals surface area contributed by atoms with E-state index in [1.54, 1.807) is 0 Å². The monoisotopic (exact) mass is 927 g/mol. The van der Waals surface area contributed by atoms with Crippen molar-refractivity contribution in [3.8, 4) is 0 Å². The van der Waals surface area contributed by atoms with Crippen LogP contribution in [0.4, 0.5) is 0 Å². The molecule has 6 heteroatoms. The topological polar surface area (TPSA) is 78.9 Å². The van der Waals surface area contributed by atoms with Crippen LogP contribution < -0.4 is 0 Å². The molecule has 6 nitrogen and oxygen atoms in total. The Bertz CT molecular complexity index is 1440. The average Bonchev–Trinajstić information content (AvgIpc) is 3.33. The summed E-state index contributed by atoms with van der Waals surface area (Å²) in [4.78, 5) is 38.0. The number of hydrogen-bond acceptors (Lipinski definition) is 6. The van der Waals surface area contributed by atoms with E-state index >= 15 is 0 Å². The molecule has 0 aliphatic carbocycles. The maximum Gasteiger partial charge on any atom is 0.306 e. The molecule has 0 radical (unpaired) electrons. The molecule has 0 saturated carbocycles. The van der Waals surface area contributed by atoms with Gasteiger partial charge in [0.05, 0.1) is 0 Å². The molecule has 0 aliphatic heterocycles. The zero-order chi connectivity index (χ0) is 48.6. The lowest BCUT2D eigenvalue weighted by atomic mass is 10.1. The zero-order valence-electron chi connectivity index (χ0n) is 43.1. The van der Waals surface area contributed by atoms with Crippen molar-refractivity contribution in [1.29, 1.82) is 0 Å². The molecule has 0 amide bonds. The quantitative estimate of drug-likeness (QED) is 0.0262. The van der Waals surface area contributed by atoms with Gasteiger partial charge in [0.2, 0.25) is 0 Å². The molecular weight excluding hydrogens is 829 g/mol. The first-order chi connectivity index (χ1) is 33.0. The summed E-state index contributed by atoms with van der Waals surface area (Å²) >= 11 is 0. The second kappa shape index (κ2) is 54.4. The van der Waals surface area contributed by atoms with E-state index in [0.29, 0.717) is 19.3 Å². The van der Waals surface area contributed by atoms with Gasteiger partial charge >= 0.3 is 17.9 Å². The van der Waals surface area contributed by atoms with E-state index in [9.17, 15) is 14.4 Å². The Morgan fingerprint density at radius 2 is 0.582 bits per heavy atom. The molecule has 67 heavy (non-hydrogen) atoms. The van der Waals surface area contributed by atoms with Gasteiger partial charge in [0.15, 0.2) is 6.10 Å². The van der Waals surface area contributed by atoms with Gasteiger partial charge in [0, 0.05) is 19.3 Å². The highest BCUT2D eigenvalue weighted by Gasteiger charge is 2.19. The van der Waals surface area contributed by atoms with Crippen LogP contribution in [0.15, 0.2) is 122 Å². The molecule has 378 valence electrons. The van der Waals surface area contributed by atoms with Crippen LogP contribution in [0.5, 0.6) is 0 Å². The van der Waals surface area contributed by atoms with Crippen LogP contribution in [0.1, 0.15) is 226 Å². The van der Waals surface area contributed by atoms with Gasteiger partial charge in [0.1, 0.15) is 13.2 Å². The number of esters is 3. The summed E-state index contributed by atoms with van der Waals surface area (Å²) in [6.07, 6.45) is 74.7. The second-order valence-corrected chi connectivity index (χ2v) is 17.4. The summed E-state index contributed by atoms with van der Waals surface area (Å²) in [5.41, 5.74) is 0. The van der Waals surface area contributed by atoms with Crippen molar-refractivity contribution in [3.63, 3.8) is 0 Å². The highest BCUT2D eigenvalue weighted by Crippen LogP contribution is 2.14. The number of rotatable bonds is 47. The first kappa shape index (κ1) is 62.8. The number of hydrogen-bond donors (Lipinski definition) is 0. The maximum absolute atomic E-state index is 12.8. The SMILES string of the molecule is CC/C=C\C/C=C\C/C=C\C/C=C\C/C=C\CCCCCC(=O)OCC(COC(=O)CCCCCCCCCCCCC)OC(=O)CCCCC/C=C\C/C=C\C/C=C\C/C=C\C/C=C\CC.